The van der Waals surface area contributed by atoms with Gasteiger partial charge in [-0.3, -0.25) is 0 Å². The molecule has 2 N–H and O–H groups in total. The first kappa shape index (κ1) is 11.0. The van der Waals surface area contributed by atoms with E-state index in [0.717, 1.165) is 6.61 Å². The molecule has 1 unspecified atom stereocenters. The largest absolute Gasteiger partial charge is 0.395 e. The molecule has 1 fully saturated rings. The van der Waals surface area contributed by atoms with Gasteiger partial charge in [0.2, 0.25) is 0 Å². The molecule has 0 bridgehead atoms. The van der Waals surface area contributed by atoms with Gasteiger partial charge in [-0.1, -0.05) is 13.8 Å². The van der Waals surface area contributed by atoms with Crippen molar-refractivity contribution in [1.82, 2.24) is 5.32 Å². The Morgan fingerprint density at radius 2 is 2.08 bits per heavy atom. The van der Waals surface area contributed by atoms with Crippen molar-refractivity contribution < 1.29 is 9.84 Å². The van der Waals surface area contributed by atoms with Crippen molar-refractivity contribution in [1.29, 1.82) is 0 Å². The molecule has 1 saturated carbocycles. The molecule has 13 heavy (non-hydrogen) atoms. The van der Waals surface area contributed by atoms with Crippen molar-refractivity contribution in [3.05, 3.63) is 0 Å². The quantitative estimate of drug-likeness (QED) is 0.618. The molecule has 0 aromatic rings. The van der Waals surface area contributed by atoms with E-state index in [2.05, 4.69) is 19.2 Å². The number of aliphatic hydroxyl groups excluding tert-OH is 1. The summed E-state index contributed by atoms with van der Waals surface area (Å²) in [6, 6.07) is 0.769. The molecule has 0 saturated heterocycles. The lowest BCUT2D eigenvalue weighted by atomic mass is 10.2. The highest BCUT2D eigenvalue weighted by Crippen LogP contribution is 2.19. The molecule has 0 radical (unpaired) electrons. The molecule has 0 aromatic carbocycles. The summed E-state index contributed by atoms with van der Waals surface area (Å²) in [4.78, 5) is 0. The summed E-state index contributed by atoms with van der Waals surface area (Å²) in [5.74, 6) is 0.570. The van der Waals surface area contributed by atoms with Crippen molar-refractivity contribution in [2.24, 2.45) is 5.92 Å². The smallest absolute Gasteiger partial charge is 0.0642 e. The van der Waals surface area contributed by atoms with E-state index in [1.54, 1.807) is 0 Å². The predicted molar refractivity (Wildman–Crippen MR) is 52.7 cm³/mol. The summed E-state index contributed by atoms with van der Waals surface area (Å²) >= 11 is 0. The van der Waals surface area contributed by atoms with Crippen molar-refractivity contribution in [3.8, 4) is 0 Å². The van der Waals surface area contributed by atoms with Crippen LogP contribution in [0.15, 0.2) is 0 Å². The highest BCUT2D eigenvalue weighted by Gasteiger charge is 2.24. The monoisotopic (exact) mass is 187 g/mol. The fourth-order valence-corrected chi connectivity index (χ4v) is 1.18. The summed E-state index contributed by atoms with van der Waals surface area (Å²) in [5, 5.41) is 12.4. The van der Waals surface area contributed by atoms with E-state index in [-0.39, 0.29) is 12.6 Å². The zero-order chi connectivity index (χ0) is 9.68. The standard InChI is InChI=1S/C10H21NO2/c1-8(2)6-13-7-10(5-12)11-9-3-4-9/h8-12H,3-7H2,1-2H3. The van der Waals surface area contributed by atoms with Crippen molar-refractivity contribution in [2.75, 3.05) is 19.8 Å². The summed E-state index contributed by atoms with van der Waals surface area (Å²) < 4.78 is 5.45. The zero-order valence-electron chi connectivity index (χ0n) is 8.62. The van der Waals surface area contributed by atoms with E-state index >= 15 is 0 Å². The average Bonchev–Trinajstić information content (AvgIpc) is 2.86. The number of hydrogen-bond donors (Lipinski definition) is 2. The second-order valence-electron chi connectivity index (χ2n) is 4.25. The van der Waals surface area contributed by atoms with Crippen LogP contribution in [0.2, 0.25) is 0 Å². The molecule has 3 nitrogen and oxygen atoms in total. The molecular weight excluding hydrogens is 166 g/mol. The third-order valence-corrected chi connectivity index (χ3v) is 2.04. The lowest BCUT2D eigenvalue weighted by Crippen LogP contribution is -2.38. The van der Waals surface area contributed by atoms with Gasteiger partial charge >= 0.3 is 0 Å². The molecule has 0 amide bonds. The molecule has 0 aliphatic heterocycles. The average molecular weight is 187 g/mol. The number of nitrogens with one attached hydrogen (secondary N) is 1. The van der Waals surface area contributed by atoms with Crippen LogP contribution in [0.25, 0.3) is 0 Å². The van der Waals surface area contributed by atoms with Gasteiger partial charge in [-0.25, -0.2) is 0 Å². The van der Waals surface area contributed by atoms with Crippen LogP contribution in [0, 0.1) is 5.92 Å². The molecule has 1 rings (SSSR count). The minimum absolute atomic E-state index is 0.131. The van der Waals surface area contributed by atoms with Crippen LogP contribution in [0.3, 0.4) is 0 Å². The van der Waals surface area contributed by atoms with E-state index in [1.165, 1.54) is 12.8 Å². The first-order valence-electron chi connectivity index (χ1n) is 5.17. The van der Waals surface area contributed by atoms with Crippen LogP contribution in [-0.4, -0.2) is 37.0 Å². The number of hydrogen-bond acceptors (Lipinski definition) is 3. The first-order valence-corrected chi connectivity index (χ1v) is 5.17. The minimum atomic E-state index is 0.131. The lowest BCUT2D eigenvalue weighted by Gasteiger charge is -2.16. The Balaban J connectivity index is 2.01. The second-order valence-corrected chi connectivity index (χ2v) is 4.25. The Bertz CT molecular complexity index is 135. The van der Waals surface area contributed by atoms with Crippen LogP contribution in [0.4, 0.5) is 0 Å². The van der Waals surface area contributed by atoms with Gasteiger partial charge in [-0.05, 0) is 18.8 Å². The molecule has 3 heteroatoms. The van der Waals surface area contributed by atoms with Crippen molar-refractivity contribution in [2.45, 2.75) is 38.8 Å². The fraction of sp³-hybridized carbons (Fsp3) is 1.00. The maximum atomic E-state index is 9.03. The van der Waals surface area contributed by atoms with Crippen LogP contribution >= 0.6 is 0 Å². The van der Waals surface area contributed by atoms with Crippen LogP contribution < -0.4 is 5.32 Å². The minimum Gasteiger partial charge on any atom is -0.395 e. The van der Waals surface area contributed by atoms with Gasteiger partial charge in [-0.2, -0.15) is 0 Å². The van der Waals surface area contributed by atoms with Crippen molar-refractivity contribution in [3.63, 3.8) is 0 Å². The van der Waals surface area contributed by atoms with Gasteiger partial charge in [0.05, 0.1) is 19.3 Å². The molecule has 0 aromatic heterocycles. The fourth-order valence-electron chi connectivity index (χ4n) is 1.18. The van der Waals surface area contributed by atoms with Crippen LogP contribution in [-0.2, 0) is 4.74 Å². The van der Waals surface area contributed by atoms with E-state index in [0.29, 0.717) is 18.6 Å². The number of rotatable bonds is 7. The molecule has 1 atom stereocenters. The van der Waals surface area contributed by atoms with Gasteiger partial charge in [0.15, 0.2) is 0 Å². The SMILES string of the molecule is CC(C)COCC(CO)NC1CC1. The third kappa shape index (κ3) is 5.24. The van der Waals surface area contributed by atoms with Gasteiger partial charge in [0.1, 0.15) is 0 Å². The lowest BCUT2D eigenvalue weighted by molar-refractivity contribution is 0.0717. The van der Waals surface area contributed by atoms with Gasteiger partial charge < -0.3 is 15.2 Å². The number of aliphatic hydroxyl groups is 1. The molecule has 0 spiro atoms. The molecule has 1 aliphatic carbocycles. The summed E-state index contributed by atoms with van der Waals surface area (Å²) in [6.45, 7) is 5.84. The van der Waals surface area contributed by atoms with Gasteiger partial charge in [0, 0.05) is 12.6 Å². The summed E-state index contributed by atoms with van der Waals surface area (Å²) in [7, 11) is 0. The normalized spacial score (nSPS) is 19.4. The summed E-state index contributed by atoms with van der Waals surface area (Å²) in [6.07, 6.45) is 2.50. The Morgan fingerprint density at radius 1 is 1.38 bits per heavy atom. The van der Waals surface area contributed by atoms with Crippen molar-refractivity contribution >= 4 is 0 Å². The molecular formula is C10H21NO2. The number of ether oxygens (including phenoxy) is 1. The Labute approximate surface area is 80.5 Å². The Kier molecular flexibility index (Phi) is 4.70. The van der Waals surface area contributed by atoms with E-state index in [9.17, 15) is 0 Å². The summed E-state index contributed by atoms with van der Waals surface area (Å²) in [5.41, 5.74) is 0. The second kappa shape index (κ2) is 5.58. The molecule has 1 aliphatic rings. The maximum Gasteiger partial charge on any atom is 0.0642 e. The first-order chi connectivity index (χ1) is 6.22. The van der Waals surface area contributed by atoms with Crippen LogP contribution in [0.1, 0.15) is 26.7 Å². The van der Waals surface area contributed by atoms with Gasteiger partial charge in [-0.15, -0.1) is 0 Å². The predicted octanol–water partition coefficient (Wildman–Crippen LogP) is 0.772. The van der Waals surface area contributed by atoms with E-state index < -0.39 is 0 Å². The van der Waals surface area contributed by atoms with E-state index in [4.69, 9.17) is 9.84 Å². The molecule has 78 valence electrons. The topological polar surface area (TPSA) is 41.5 Å². The van der Waals surface area contributed by atoms with Gasteiger partial charge in [0.25, 0.3) is 0 Å². The van der Waals surface area contributed by atoms with Crippen LogP contribution in [0.5, 0.6) is 0 Å². The third-order valence-electron chi connectivity index (χ3n) is 2.04. The highest BCUT2D eigenvalue weighted by atomic mass is 16.5. The highest BCUT2D eigenvalue weighted by molar-refractivity contribution is 4.84. The van der Waals surface area contributed by atoms with E-state index in [1.807, 2.05) is 0 Å². The maximum absolute atomic E-state index is 9.03. The molecule has 0 heterocycles. The Hall–Kier alpha value is -0.120. The zero-order valence-corrected chi connectivity index (χ0v) is 8.62. The Morgan fingerprint density at radius 3 is 2.54 bits per heavy atom.